The minimum Gasteiger partial charge on any atom is -0.550 e. The predicted octanol–water partition coefficient (Wildman–Crippen LogP) is -0.845. The number of hydrogen-bond donors (Lipinski definition) is 1. The predicted molar refractivity (Wildman–Crippen MR) is 62.8 cm³/mol. The van der Waals surface area contributed by atoms with Gasteiger partial charge in [-0.1, -0.05) is 19.1 Å². The maximum Gasteiger partial charge on any atom is 0.224 e. The molecule has 1 unspecified atom stereocenters. The van der Waals surface area contributed by atoms with Crippen molar-refractivity contribution in [1.29, 1.82) is 0 Å². The molecule has 0 radical (unpaired) electrons. The zero-order valence-electron chi connectivity index (χ0n) is 10.3. The first-order chi connectivity index (χ1) is 8.88. The SMILES string of the molecule is CC(CC(=O)[O-])CC(=O)Nc1cccc(C(=O)[O-])c1. The van der Waals surface area contributed by atoms with Crippen LogP contribution in [0.2, 0.25) is 0 Å². The average molecular weight is 263 g/mol. The highest BCUT2D eigenvalue weighted by atomic mass is 16.4. The number of hydrogen-bond acceptors (Lipinski definition) is 5. The van der Waals surface area contributed by atoms with Gasteiger partial charge in [0.2, 0.25) is 5.91 Å². The van der Waals surface area contributed by atoms with Crippen molar-refractivity contribution in [3.63, 3.8) is 0 Å². The van der Waals surface area contributed by atoms with E-state index in [9.17, 15) is 24.6 Å². The molecule has 0 aliphatic rings. The van der Waals surface area contributed by atoms with Gasteiger partial charge in [0, 0.05) is 18.1 Å². The fraction of sp³-hybridized carbons (Fsp3) is 0.308. The second kappa shape index (κ2) is 6.53. The van der Waals surface area contributed by atoms with E-state index in [1.807, 2.05) is 0 Å². The van der Waals surface area contributed by atoms with Crippen LogP contribution in [-0.2, 0) is 9.59 Å². The van der Waals surface area contributed by atoms with Crippen LogP contribution in [0.5, 0.6) is 0 Å². The molecule has 1 atom stereocenters. The van der Waals surface area contributed by atoms with Crippen molar-refractivity contribution in [2.75, 3.05) is 5.32 Å². The fourth-order valence-electron chi connectivity index (χ4n) is 1.61. The first kappa shape index (κ1) is 14.7. The molecule has 0 bridgehead atoms. The van der Waals surface area contributed by atoms with Gasteiger partial charge in [-0.2, -0.15) is 0 Å². The summed E-state index contributed by atoms with van der Waals surface area (Å²) in [6.45, 7) is 1.62. The third kappa shape index (κ3) is 5.20. The van der Waals surface area contributed by atoms with E-state index in [2.05, 4.69) is 5.32 Å². The molecular formula is C13H13NO5-2. The second-order valence-corrected chi connectivity index (χ2v) is 4.30. The number of amides is 1. The monoisotopic (exact) mass is 263 g/mol. The van der Waals surface area contributed by atoms with Crippen molar-refractivity contribution in [2.45, 2.75) is 19.8 Å². The van der Waals surface area contributed by atoms with Crippen LogP contribution in [0.15, 0.2) is 24.3 Å². The van der Waals surface area contributed by atoms with Crippen molar-refractivity contribution in [3.8, 4) is 0 Å². The molecule has 1 rings (SSSR count). The van der Waals surface area contributed by atoms with E-state index in [1.165, 1.54) is 24.3 Å². The van der Waals surface area contributed by atoms with Crippen molar-refractivity contribution >= 4 is 23.5 Å². The highest BCUT2D eigenvalue weighted by Crippen LogP contribution is 2.13. The third-order valence-corrected chi connectivity index (χ3v) is 2.43. The van der Waals surface area contributed by atoms with Crippen LogP contribution in [0.1, 0.15) is 30.1 Å². The Morgan fingerprint density at radius 1 is 1.21 bits per heavy atom. The van der Waals surface area contributed by atoms with Gasteiger partial charge in [-0.15, -0.1) is 0 Å². The maximum atomic E-state index is 11.6. The van der Waals surface area contributed by atoms with Gasteiger partial charge < -0.3 is 25.1 Å². The van der Waals surface area contributed by atoms with Crippen LogP contribution >= 0.6 is 0 Å². The first-order valence-electron chi connectivity index (χ1n) is 5.69. The summed E-state index contributed by atoms with van der Waals surface area (Å²) < 4.78 is 0. The lowest BCUT2D eigenvalue weighted by molar-refractivity contribution is -0.306. The van der Waals surface area contributed by atoms with Gasteiger partial charge in [0.15, 0.2) is 0 Å². The van der Waals surface area contributed by atoms with Gasteiger partial charge in [-0.05, 0) is 30.0 Å². The molecule has 6 nitrogen and oxygen atoms in total. The van der Waals surface area contributed by atoms with Gasteiger partial charge in [-0.3, -0.25) is 4.79 Å². The van der Waals surface area contributed by atoms with Gasteiger partial charge in [0.25, 0.3) is 0 Å². The fourth-order valence-corrected chi connectivity index (χ4v) is 1.61. The maximum absolute atomic E-state index is 11.6. The third-order valence-electron chi connectivity index (χ3n) is 2.43. The van der Waals surface area contributed by atoms with Gasteiger partial charge in [0.1, 0.15) is 0 Å². The molecule has 0 saturated heterocycles. The van der Waals surface area contributed by atoms with Crippen molar-refractivity contribution in [3.05, 3.63) is 29.8 Å². The first-order valence-corrected chi connectivity index (χ1v) is 5.69. The van der Waals surface area contributed by atoms with E-state index in [0.717, 1.165) is 0 Å². The molecule has 0 aromatic heterocycles. The Hall–Kier alpha value is -2.37. The molecule has 102 valence electrons. The molecule has 19 heavy (non-hydrogen) atoms. The van der Waals surface area contributed by atoms with Gasteiger partial charge >= 0.3 is 0 Å². The van der Waals surface area contributed by atoms with Crippen molar-refractivity contribution < 1.29 is 24.6 Å². The molecule has 0 spiro atoms. The Bertz CT molecular complexity index is 498. The molecule has 0 aliphatic heterocycles. The average Bonchev–Trinajstić information content (AvgIpc) is 2.27. The summed E-state index contributed by atoms with van der Waals surface area (Å²) in [5.74, 6) is -3.28. The molecule has 0 fully saturated rings. The number of aliphatic carboxylic acids is 1. The number of nitrogens with one attached hydrogen (secondary N) is 1. The molecule has 1 amide bonds. The van der Waals surface area contributed by atoms with Crippen molar-refractivity contribution in [1.82, 2.24) is 0 Å². The topological polar surface area (TPSA) is 109 Å². The number of rotatable bonds is 6. The van der Waals surface area contributed by atoms with E-state index in [-0.39, 0.29) is 30.2 Å². The number of carboxylic acids is 2. The van der Waals surface area contributed by atoms with E-state index in [1.54, 1.807) is 6.92 Å². The second-order valence-electron chi connectivity index (χ2n) is 4.30. The van der Waals surface area contributed by atoms with Crippen LogP contribution in [0.25, 0.3) is 0 Å². The van der Waals surface area contributed by atoms with Crippen LogP contribution in [0, 0.1) is 5.92 Å². The smallest absolute Gasteiger partial charge is 0.224 e. The zero-order chi connectivity index (χ0) is 14.4. The lowest BCUT2D eigenvalue weighted by Crippen LogP contribution is -2.26. The summed E-state index contributed by atoms with van der Waals surface area (Å²) in [4.78, 5) is 32.6. The molecule has 6 heteroatoms. The molecule has 1 N–H and O–H groups in total. The van der Waals surface area contributed by atoms with E-state index < -0.39 is 11.9 Å². The Morgan fingerprint density at radius 2 is 1.89 bits per heavy atom. The Balaban J connectivity index is 2.59. The summed E-state index contributed by atoms with van der Waals surface area (Å²) in [5.41, 5.74) is 0.285. The summed E-state index contributed by atoms with van der Waals surface area (Å²) in [6, 6.07) is 5.64. The summed E-state index contributed by atoms with van der Waals surface area (Å²) in [6.07, 6.45) is -0.184. The van der Waals surface area contributed by atoms with E-state index in [4.69, 9.17) is 0 Å². The molecule has 0 heterocycles. The lowest BCUT2D eigenvalue weighted by atomic mass is 10.0. The Kier molecular flexibility index (Phi) is 5.05. The van der Waals surface area contributed by atoms with Crippen LogP contribution in [0.4, 0.5) is 5.69 Å². The quantitative estimate of drug-likeness (QED) is 0.719. The van der Waals surface area contributed by atoms with Gasteiger partial charge in [-0.25, -0.2) is 0 Å². The summed E-state index contributed by atoms with van der Waals surface area (Å²) in [5, 5.41) is 23.5. The highest BCUT2D eigenvalue weighted by Gasteiger charge is 2.10. The number of benzene rings is 1. The molecule has 0 saturated carbocycles. The van der Waals surface area contributed by atoms with Gasteiger partial charge in [0.05, 0.1) is 5.97 Å². The van der Waals surface area contributed by atoms with E-state index >= 15 is 0 Å². The number of carbonyl (C=O) groups excluding carboxylic acids is 3. The van der Waals surface area contributed by atoms with E-state index in [0.29, 0.717) is 5.69 Å². The highest BCUT2D eigenvalue weighted by molar-refractivity contribution is 5.93. The normalized spacial score (nSPS) is 11.6. The number of anilines is 1. The summed E-state index contributed by atoms with van der Waals surface area (Å²) in [7, 11) is 0. The molecular weight excluding hydrogens is 250 g/mol. The number of carboxylic acid groups (broad SMARTS) is 2. The van der Waals surface area contributed by atoms with Crippen LogP contribution < -0.4 is 15.5 Å². The largest absolute Gasteiger partial charge is 0.550 e. The molecule has 1 aromatic carbocycles. The minimum absolute atomic E-state index is 0.0174. The zero-order valence-corrected chi connectivity index (χ0v) is 10.3. The standard InChI is InChI=1S/C13H15NO5/c1-8(6-12(16)17)5-11(15)14-10-4-2-3-9(7-10)13(18)19/h2-4,7-8H,5-6H2,1H3,(H,14,15)(H,16,17)(H,18,19)/p-2. The van der Waals surface area contributed by atoms with Crippen LogP contribution in [0.3, 0.4) is 0 Å². The summed E-state index contributed by atoms with van der Waals surface area (Å²) >= 11 is 0. The Morgan fingerprint density at radius 3 is 2.47 bits per heavy atom. The minimum atomic E-state index is -1.33. The van der Waals surface area contributed by atoms with Crippen LogP contribution in [-0.4, -0.2) is 17.8 Å². The lowest BCUT2D eigenvalue weighted by Gasteiger charge is -2.12. The Labute approximate surface area is 110 Å². The molecule has 1 aromatic rings. The molecule has 0 aliphatic carbocycles. The number of carbonyl (C=O) groups is 3. The number of aromatic carboxylic acids is 1. The van der Waals surface area contributed by atoms with Crippen molar-refractivity contribution in [2.24, 2.45) is 5.92 Å².